The topological polar surface area (TPSA) is 390 Å². The number of amides is 8. The van der Waals surface area contributed by atoms with Gasteiger partial charge in [-0.2, -0.15) is 0 Å². The minimum Gasteiger partial charge on any atom is -0.497 e. The highest BCUT2D eigenvalue weighted by atomic mass is 19.2. The molecule has 764 valence electrons. The van der Waals surface area contributed by atoms with Gasteiger partial charge in [-0.25, -0.2) is 35.9 Å². The summed E-state index contributed by atoms with van der Waals surface area (Å²) in [6, 6.07) is 39.5. The first-order valence-electron chi connectivity index (χ1n) is 46.0. The normalized spacial score (nSPS) is 12.7. The van der Waals surface area contributed by atoms with E-state index in [4.69, 9.17) is 23.7 Å². The molecule has 0 aliphatic heterocycles. The van der Waals surface area contributed by atoms with Crippen LogP contribution in [0.2, 0.25) is 0 Å². The first-order valence-corrected chi connectivity index (χ1v) is 46.0. The summed E-state index contributed by atoms with van der Waals surface area (Å²) >= 11 is 0. The summed E-state index contributed by atoms with van der Waals surface area (Å²) in [5.74, 6) is -6.76. The van der Waals surface area contributed by atoms with Crippen molar-refractivity contribution in [2.75, 3.05) is 81.7 Å². The summed E-state index contributed by atoms with van der Waals surface area (Å²) in [6.45, 7) is 21.4. The van der Waals surface area contributed by atoms with E-state index in [2.05, 4.69) is 31.6 Å². The Balaban J connectivity index is 0.000000290. The number of carbonyl (C=O) groups is 9. The molecule has 0 saturated carbocycles. The van der Waals surface area contributed by atoms with Gasteiger partial charge in [0.05, 0.1) is 82.3 Å². The zero-order chi connectivity index (χ0) is 105. The first kappa shape index (κ1) is 115. The van der Waals surface area contributed by atoms with E-state index in [0.717, 1.165) is 54.4 Å². The van der Waals surface area contributed by atoms with Crippen LogP contribution in [0.3, 0.4) is 0 Å². The van der Waals surface area contributed by atoms with E-state index < -0.39 is 118 Å². The fourth-order valence-electron chi connectivity index (χ4n) is 14.9. The van der Waals surface area contributed by atoms with Crippen molar-refractivity contribution in [3.63, 3.8) is 0 Å². The van der Waals surface area contributed by atoms with E-state index in [9.17, 15) is 95.2 Å². The molecule has 8 amide bonds. The van der Waals surface area contributed by atoms with Gasteiger partial charge < -0.3 is 95.2 Å². The molecule has 9 aromatic rings. The van der Waals surface area contributed by atoms with Crippen LogP contribution in [0, 0.1) is 34.9 Å². The third-order valence-electron chi connectivity index (χ3n) is 22.0. The lowest BCUT2D eigenvalue weighted by molar-refractivity contribution is 0.00768. The van der Waals surface area contributed by atoms with Gasteiger partial charge in [-0.15, -0.1) is 0 Å². The fraction of sp³-hybridized carbons (Fsp3) is 0.387. The summed E-state index contributed by atoms with van der Waals surface area (Å²) in [5.41, 5.74) is 2.65. The Morgan fingerprint density at radius 1 is 0.366 bits per heavy atom. The lowest BCUT2D eigenvalue weighted by atomic mass is 9.98. The number of carbonyl (C=O) groups excluding carboxylic acids is 9. The fourth-order valence-corrected chi connectivity index (χ4v) is 14.9. The van der Waals surface area contributed by atoms with Gasteiger partial charge in [-0.3, -0.25) is 33.6 Å². The number of benzene rings is 9. The van der Waals surface area contributed by atoms with Crippen molar-refractivity contribution in [1.82, 2.24) is 45.8 Å². The number of oxime groups is 2. The van der Waals surface area contributed by atoms with E-state index in [1.807, 2.05) is 45.0 Å². The molecule has 9 aromatic carbocycles. The van der Waals surface area contributed by atoms with E-state index in [1.165, 1.54) is 114 Å². The number of aliphatic hydroxyl groups is 3. The average Bonchev–Trinajstić information content (AvgIpc) is 0.806. The van der Waals surface area contributed by atoms with Gasteiger partial charge in [0, 0.05) is 135 Å². The highest BCUT2D eigenvalue weighted by molar-refractivity contribution is 6.08. The molecule has 0 aliphatic carbocycles. The van der Waals surface area contributed by atoms with Crippen LogP contribution in [-0.2, 0) is 48.4 Å². The molecule has 9 N–H and O–H groups in total. The van der Waals surface area contributed by atoms with Gasteiger partial charge in [-0.1, -0.05) is 67.5 Å². The highest BCUT2D eigenvalue weighted by Gasteiger charge is 2.35. The Bertz CT molecular complexity index is 5850. The second-order valence-electron chi connectivity index (χ2n) is 36.3. The first-order chi connectivity index (χ1) is 67.0. The monoisotopic (exact) mass is 1970 g/mol. The molecule has 0 aliphatic rings. The van der Waals surface area contributed by atoms with E-state index in [-0.39, 0.29) is 137 Å². The third kappa shape index (κ3) is 36.8. The largest absolute Gasteiger partial charge is 0.497 e. The summed E-state index contributed by atoms with van der Waals surface area (Å²) in [4.78, 5) is 127. The van der Waals surface area contributed by atoms with Crippen molar-refractivity contribution in [1.29, 1.82) is 0 Å². The Hall–Kier alpha value is -14.2. The molecule has 0 fully saturated rings. The minimum atomic E-state index is -1.49. The molecule has 0 aromatic heterocycles. The number of rotatable bonds is 42. The average molecular weight is 1980 g/mol. The zero-order valence-electron chi connectivity index (χ0n) is 83.2. The van der Waals surface area contributed by atoms with Crippen LogP contribution in [0.25, 0.3) is 0 Å². The number of methoxy groups -OCH3 is 3. The van der Waals surface area contributed by atoms with Gasteiger partial charge in [-0.05, 0) is 262 Å². The van der Waals surface area contributed by atoms with E-state index >= 15 is 0 Å². The predicted molar refractivity (Wildman–Crippen MR) is 525 cm³/mol. The molecule has 0 unspecified atom stereocenters. The van der Waals surface area contributed by atoms with Crippen LogP contribution < -0.4 is 35.5 Å². The molecule has 0 bridgehead atoms. The van der Waals surface area contributed by atoms with Crippen molar-refractivity contribution in [2.24, 2.45) is 10.3 Å². The van der Waals surface area contributed by atoms with Crippen molar-refractivity contribution >= 4 is 64.8 Å². The molecular weight excluding hydrogens is 1850 g/mol. The SMILES string of the molecule is CCCN(C)C(=O)c1cc(C(=O)N[C@@H](Cc2cc(F)cc(F)c2)[C@H](O)CN(Cc2cccc(OC)c2)C(=O)OC(C)(C)C)cc(/C(C)=N/O)c1.CCCN(C)C(=O)c1cc(C(=O)N[C@@H](Cc2cc(F)cc(F)c2)[C@H](O)CNCc2cccc(OC)c2)cc(/C(C)=N/O)c1.CCCN(C)C(=O)c1cc(C(C)=O)cc(C(=O)N[C@@H](Cc2cc(F)cc(F)c2)[C@H](O)CN(Cc2cccc(OC)c2)C(=O)OC(C)(C)C)c1. The molecule has 30 nitrogen and oxygen atoms in total. The number of ketones is 1. The number of aliphatic hydroxyl groups excluding tert-OH is 3. The van der Waals surface area contributed by atoms with Crippen LogP contribution in [0.15, 0.2) is 192 Å². The Morgan fingerprint density at radius 3 is 0.930 bits per heavy atom. The van der Waals surface area contributed by atoms with Gasteiger partial charge >= 0.3 is 12.2 Å². The number of ether oxygens (including phenoxy) is 5. The second-order valence-corrected chi connectivity index (χ2v) is 36.3. The maximum absolute atomic E-state index is 14.2. The van der Waals surface area contributed by atoms with Crippen LogP contribution in [0.4, 0.5) is 35.9 Å². The van der Waals surface area contributed by atoms with Crippen LogP contribution in [0.1, 0.15) is 219 Å². The zero-order valence-corrected chi connectivity index (χ0v) is 83.2. The molecule has 0 spiro atoms. The quantitative estimate of drug-likeness (QED) is 0.00564. The third-order valence-corrected chi connectivity index (χ3v) is 22.0. The number of hydrogen-bond acceptors (Lipinski definition) is 22. The summed E-state index contributed by atoms with van der Waals surface area (Å²) in [6.07, 6.45) is -4.04. The Labute approximate surface area is 824 Å². The molecule has 0 saturated heterocycles. The lowest BCUT2D eigenvalue weighted by Gasteiger charge is -2.32. The highest BCUT2D eigenvalue weighted by Crippen LogP contribution is 2.27. The Kier molecular flexibility index (Phi) is 44.1. The van der Waals surface area contributed by atoms with Crippen molar-refractivity contribution < 1.29 is 119 Å². The predicted octanol–water partition coefficient (Wildman–Crippen LogP) is 15.7. The molecule has 36 heteroatoms. The van der Waals surface area contributed by atoms with Gasteiger partial charge in [0.25, 0.3) is 35.4 Å². The lowest BCUT2D eigenvalue weighted by Crippen LogP contribution is -2.51. The molecule has 9 rings (SSSR count). The standard InChI is InChI=1S/C37H46F2N4O7.C37H45F2N3O7.C32H38F2N4O5/c1-8-12-42(6)35(46)28-18-26(23(2)41-48)17-27(19-28)34(45)40-32(16-25-13-29(38)20-30(39)14-25)33(44)22-43(36(47)50-37(3,4)5)21-24-10-9-11-31(15-24)49-7;1-8-12-41(6)35(46)28-18-26(23(2)43)17-27(19-28)34(45)40-32(16-25-13-29(38)20-30(39)14-25)33(44)22-42(36(47)49-37(3,4)5)21-24-10-9-11-31(15-24)48-7;1-5-9-38(3)32(41)25-15-23(20(2)37-42)14-24(16-25)31(40)36-29(13-22-10-26(33)17-27(34)11-22)30(39)19-35-18-21-7-6-8-28(12-21)43-4/h9-11,13-15,17-20,32-33,44,48H,8,12,16,21-22H2,1-7H3,(H,40,45);9-11,13-15,17-20,32-33,44H,8,12,16,21-22H2,1-7H3,(H,40,45);6-8,10-12,14-17,29-30,35,39,42H,5,9,13,18-19H2,1-4H3,(H,36,40)/b41-23+;;37-20+/t2*32-,33+;29-,30+/m000/s1. The number of halogens is 6. The minimum absolute atomic E-state index is 0.00162. The summed E-state index contributed by atoms with van der Waals surface area (Å²) < 4.78 is 112. The summed E-state index contributed by atoms with van der Waals surface area (Å²) in [7, 11) is 9.46. The Morgan fingerprint density at radius 2 is 0.641 bits per heavy atom. The molecule has 6 atom stereocenters. The number of nitrogens with one attached hydrogen (secondary N) is 4. The van der Waals surface area contributed by atoms with Crippen molar-refractivity contribution in [3.05, 3.63) is 300 Å². The van der Waals surface area contributed by atoms with Gasteiger partial charge in [0.15, 0.2) is 5.78 Å². The molecule has 0 radical (unpaired) electrons. The van der Waals surface area contributed by atoms with Gasteiger partial charge in [0.1, 0.15) is 63.4 Å². The van der Waals surface area contributed by atoms with Crippen molar-refractivity contribution in [3.8, 4) is 17.2 Å². The van der Waals surface area contributed by atoms with E-state index in [0.29, 0.717) is 90.7 Å². The smallest absolute Gasteiger partial charge is 0.410 e. The molecule has 0 heterocycles. The van der Waals surface area contributed by atoms with Crippen LogP contribution >= 0.6 is 0 Å². The van der Waals surface area contributed by atoms with Crippen LogP contribution in [-0.4, -0.2) is 244 Å². The summed E-state index contributed by atoms with van der Waals surface area (Å²) in [5, 5.41) is 71.0. The number of hydrogen-bond donors (Lipinski definition) is 9. The van der Waals surface area contributed by atoms with Crippen LogP contribution in [0.5, 0.6) is 17.2 Å². The molecule has 142 heavy (non-hydrogen) atoms. The number of nitrogens with zero attached hydrogens (tertiary/aromatic N) is 7. The molecular formula is C106H129F6N11O19. The van der Waals surface area contributed by atoms with E-state index in [1.54, 1.807) is 118 Å². The maximum atomic E-state index is 14.2. The van der Waals surface area contributed by atoms with Crippen molar-refractivity contribution in [2.45, 2.75) is 189 Å². The number of Topliss-reactive ketones (excluding diaryl/α,β-unsaturated/α-hetero) is 1. The maximum Gasteiger partial charge on any atom is 0.410 e. The second kappa shape index (κ2) is 54.5. The van der Waals surface area contributed by atoms with Gasteiger partial charge in [0.2, 0.25) is 0 Å².